The highest BCUT2D eigenvalue weighted by molar-refractivity contribution is 5.30. The average molecular weight is 245 g/mol. The average Bonchev–Trinajstić information content (AvgIpc) is 2.37. The summed E-state index contributed by atoms with van der Waals surface area (Å²) in [5, 5.41) is 9.54. The minimum Gasteiger partial charge on any atom is -0.395 e. The zero-order valence-electron chi connectivity index (χ0n) is 11.4. The minimum absolute atomic E-state index is 0.253. The molecule has 1 aromatic carbocycles. The molecule has 0 saturated carbocycles. The first-order valence-corrected chi connectivity index (χ1v) is 6.75. The molecule has 1 aliphatic rings. The predicted octanol–water partition coefficient (Wildman–Crippen LogP) is 2.76. The van der Waals surface area contributed by atoms with E-state index in [0.29, 0.717) is 0 Å². The number of allylic oxidation sites excluding steroid dienone is 1. The van der Waals surface area contributed by atoms with E-state index in [4.69, 9.17) is 0 Å². The first kappa shape index (κ1) is 13.3. The Hall–Kier alpha value is -1.12. The van der Waals surface area contributed by atoms with Gasteiger partial charge in [-0.15, -0.1) is 0 Å². The van der Waals surface area contributed by atoms with Crippen molar-refractivity contribution in [3.63, 3.8) is 0 Å². The summed E-state index contributed by atoms with van der Waals surface area (Å²) in [6, 6.07) is 8.87. The van der Waals surface area contributed by atoms with Gasteiger partial charge in [0.2, 0.25) is 0 Å². The number of aliphatic hydroxyl groups is 1. The highest BCUT2D eigenvalue weighted by Gasteiger charge is 2.24. The molecule has 1 N–H and O–H groups in total. The van der Waals surface area contributed by atoms with Gasteiger partial charge in [0.25, 0.3) is 0 Å². The standard InChI is InChI=1S/C16H23NO/c1-13(2)6-5-9-17-11-15-8-4-3-7-14(15)10-16(17)12-18/h3-4,6-8,16,18H,5,9-12H2,1-2H3/t16-/m0/s1. The van der Waals surface area contributed by atoms with Crippen LogP contribution in [0.15, 0.2) is 35.9 Å². The summed E-state index contributed by atoms with van der Waals surface area (Å²) >= 11 is 0. The second kappa shape index (κ2) is 6.17. The van der Waals surface area contributed by atoms with E-state index in [-0.39, 0.29) is 12.6 Å². The van der Waals surface area contributed by atoms with E-state index in [1.807, 2.05) is 0 Å². The van der Waals surface area contributed by atoms with Gasteiger partial charge in [-0.3, -0.25) is 4.90 Å². The molecule has 0 bridgehead atoms. The van der Waals surface area contributed by atoms with Crippen LogP contribution in [0.2, 0.25) is 0 Å². The summed E-state index contributed by atoms with van der Waals surface area (Å²) in [4.78, 5) is 2.40. The van der Waals surface area contributed by atoms with Crippen LogP contribution < -0.4 is 0 Å². The monoisotopic (exact) mass is 245 g/mol. The molecule has 0 aliphatic carbocycles. The van der Waals surface area contributed by atoms with Crippen LogP contribution in [0.5, 0.6) is 0 Å². The Kier molecular flexibility index (Phi) is 4.56. The van der Waals surface area contributed by atoms with Crippen LogP contribution in [-0.2, 0) is 13.0 Å². The van der Waals surface area contributed by atoms with Crippen molar-refractivity contribution in [1.82, 2.24) is 4.90 Å². The van der Waals surface area contributed by atoms with Gasteiger partial charge < -0.3 is 5.11 Å². The molecule has 2 heteroatoms. The Bertz CT molecular complexity index is 421. The lowest BCUT2D eigenvalue weighted by molar-refractivity contribution is 0.108. The fourth-order valence-electron chi connectivity index (χ4n) is 2.60. The Morgan fingerprint density at radius 3 is 2.72 bits per heavy atom. The second-order valence-electron chi connectivity index (χ2n) is 5.35. The lowest BCUT2D eigenvalue weighted by atomic mass is 9.94. The van der Waals surface area contributed by atoms with Gasteiger partial charge >= 0.3 is 0 Å². The van der Waals surface area contributed by atoms with Gasteiger partial charge in [-0.1, -0.05) is 35.9 Å². The van der Waals surface area contributed by atoms with Crippen molar-refractivity contribution in [3.05, 3.63) is 47.0 Å². The molecular formula is C16H23NO. The summed E-state index contributed by atoms with van der Waals surface area (Å²) in [5.74, 6) is 0. The highest BCUT2D eigenvalue weighted by Crippen LogP contribution is 2.23. The lowest BCUT2D eigenvalue weighted by Gasteiger charge is -2.35. The Morgan fingerprint density at radius 2 is 2.06 bits per heavy atom. The molecule has 0 saturated heterocycles. The van der Waals surface area contributed by atoms with Crippen LogP contribution in [0.25, 0.3) is 0 Å². The van der Waals surface area contributed by atoms with E-state index in [2.05, 4.69) is 49.1 Å². The highest BCUT2D eigenvalue weighted by atomic mass is 16.3. The Labute approximate surface area is 110 Å². The lowest BCUT2D eigenvalue weighted by Crippen LogP contribution is -2.43. The summed E-state index contributed by atoms with van der Waals surface area (Å²) < 4.78 is 0. The van der Waals surface area contributed by atoms with Crippen molar-refractivity contribution in [2.24, 2.45) is 0 Å². The van der Waals surface area contributed by atoms with Crippen LogP contribution >= 0.6 is 0 Å². The van der Waals surface area contributed by atoms with Gasteiger partial charge in [0, 0.05) is 19.1 Å². The quantitative estimate of drug-likeness (QED) is 0.825. The number of hydrogen-bond donors (Lipinski definition) is 1. The number of rotatable bonds is 4. The number of benzene rings is 1. The number of aliphatic hydroxyl groups excluding tert-OH is 1. The van der Waals surface area contributed by atoms with E-state index in [1.54, 1.807) is 0 Å². The molecule has 0 unspecified atom stereocenters. The molecule has 0 aromatic heterocycles. The van der Waals surface area contributed by atoms with E-state index >= 15 is 0 Å². The minimum atomic E-state index is 0.253. The maximum absolute atomic E-state index is 9.54. The summed E-state index contributed by atoms with van der Waals surface area (Å²) in [6.07, 6.45) is 4.32. The van der Waals surface area contributed by atoms with Gasteiger partial charge in [0.15, 0.2) is 0 Å². The molecule has 2 nitrogen and oxygen atoms in total. The van der Waals surface area contributed by atoms with Crippen molar-refractivity contribution < 1.29 is 5.11 Å². The molecule has 2 rings (SSSR count). The molecule has 0 amide bonds. The van der Waals surface area contributed by atoms with Gasteiger partial charge in [0.05, 0.1) is 6.61 Å². The molecule has 1 heterocycles. The zero-order chi connectivity index (χ0) is 13.0. The van der Waals surface area contributed by atoms with E-state index in [9.17, 15) is 5.11 Å². The van der Waals surface area contributed by atoms with Crippen LogP contribution in [-0.4, -0.2) is 29.2 Å². The normalized spacial score (nSPS) is 19.4. The second-order valence-corrected chi connectivity index (χ2v) is 5.35. The smallest absolute Gasteiger partial charge is 0.0590 e. The topological polar surface area (TPSA) is 23.5 Å². The van der Waals surface area contributed by atoms with Gasteiger partial charge in [-0.2, -0.15) is 0 Å². The van der Waals surface area contributed by atoms with Gasteiger partial charge in [0.1, 0.15) is 0 Å². The van der Waals surface area contributed by atoms with E-state index < -0.39 is 0 Å². The van der Waals surface area contributed by atoms with Crippen molar-refractivity contribution >= 4 is 0 Å². The van der Waals surface area contributed by atoms with E-state index in [1.165, 1.54) is 16.7 Å². The molecule has 98 valence electrons. The van der Waals surface area contributed by atoms with Gasteiger partial charge in [-0.25, -0.2) is 0 Å². The Balaban J connectivity index is 2.04. The molecule has 1 aliphatic heterocycles. The third kappa shape index (κ3) is 3.21. The molecule has 0 spiro atoms. The molecule has 0 fully saturated rings. The zero-order valence-corrected chi connectivity index (χ0v) is 11.4. The summed E-state index contributed by atoms with van der Waals surface area (Å²) in [5.41, 5.74) is 4.18. The predicted molar refractivity (Wildman–Crippen MR) is 75.5 cm³/mol. The van der Waals surface area contributed by atoms with Gasteiger partial charge in [-0.05, 0) is 37.8 Å². The fourth-order valence-corrected chi connectivity index (χ4v) is 2.60. The molecule has 0 radical (unpaired) electrons. The maximum Gasteiger partial charge on any atom is 0.0590 e. The van der Waals surface area contributed by atoms with Crippen LogP contribution in [0.3, 0.4) is 0 Å². The summed E-state index contributed by atoms with van der Waals surface area (Å²) in [6.45, 7) is 6.52. The van der Waals surface area contributed by atoms with E-state index in [0.717, 1.165) is 25.9 Å². The molecule has 1 atom stereocenters. The molecular weight excluding hydrogens is 222 g/mol. The summed E-state index contributed by atoms with van der Waals surface area (Å²) in [7, 11) is 0. The van der Waals surface area contributed by atoms with Crippen molar-refractivity contribution in [2.75, 3.05) is 13.2 Å². The Morgan fingerprint density at radius 1 is 1.33 bits per heavy atom. The number of fused-ring (bicyclic) bond motifs is 1. The fraction of sp³-hybridized carbons (Fsp3) is 0.500. The first-order chi connectivity index (χ1) is 8.70. The SMILES string of the molecule is CC(C)=CCCN1Cc2ccccc2C[C@H]1CO. The van der Waals surface area contributed by atoms with Crippen molar-refractivity contribution in [3.8, 4) is 0 Å². The third-order valence-electron chi connectivity index (χ3n) is 3.64. The molecule has 1 aromatic rings. The number of hydrogen-bond acceptors (Lipinski definition) is 2. The van der Waals surface area contributed by atoms with Crippen LogP contribution in [0, 0.1) is 0 Å². The van der Waals surface area contributed by atoms with Crippen molar-refractivity contribution in [1.29, 1.82) is 0 Å². The first-order valence-electron chi connectivity index (χ1n) is 6.75. The third-order valence-corrected chi connectivity index (χ3v) is 3.64. The van der Waals surface area contributed by atoms with Crippen molar-refractivity contribution in [2.45, 2.75) is 39.3 Å². The molecule has 18 heavy (non-hydrogen) atoms. The number of nitrogens with zero attached hydrogens (tertiary/aromatic N) is 1. The maximum atomic E-state index is 9.54. The van der Waals surface area contributed by atoms with Crippen LogP contribution in [0.4, 0.5) is 0 Å². The van der Waals surface area contributed by atoms with Crippen LogP contribution in [0.1, 0.15) is 31.4 Å². The largest absolute Gasteiger partial charge is 0.395 e.